The number of aromatic amines is 1. The summed E-state index contributed by atoms with van der Waals surface area (Å²) in [6, 6.07) is 10.9. The molecule has 2 aromatic heterocycles. The predicted octanol–water partition coefficient (Wildman–Crippen LogP) is 3.38. The molecule has 25 heavy (non-hydrogen) atoms. The molecule has 0 aliphatic carbocycles. The molecule has 0 bridgehead atoms. The molecule has 1 saturated heterocycles. The first-order chi connectivity index (χ1) is 12.2. The Labute approximate surface area is 145 Å². The summed E-state index contributed by atoms with van der Waals surface area (Å²) in [5.41, 5.74) is 3.17. The van der Waals surface area contributed by atoms with Crippen molar-refractivity contribution in [2.45, 2.75) is 31.8 Å². The number of carbonyl (C=O) groups is 1. The van der Waals surface area contributed by atoms with E-state index >= 15 is 0 Å². The molecule has 2 N–H and O–H groups in total. The van der Waals surface area contributed by atoms with Crippen molar-refractivity contribution in [1.82, 2.24) is 19.9 Å². The largest absolute Gasteiger partial charge is 0.476 e. The van der Waals surface area contributed by atoms with Crippen molar-refractivity contribution >= 4 is 16.9 Å². The fraction of sp³-hybridized carbons (Fsp3) is 0.316. The van der Waals surface area contributed by atoms with Crippen molar-refractivity contribution in [3.05, 3.63) is 59.8 Å². The lowest BCUT2D eigenvalue weighted by molar-refractivity contribution is 0.0689. The van der Waals surface area contributed by atoms with E-state index in [1.54, 1.807) is 6.20 Å². The van der Waals surface area contributed by atoms with Crippen molar-refractivity contribution in [3.63, 3.8) is 0 Å². The minimum absolute atomic E-state index is 0.0189. The van der Waals surface area contributed by atoms with E-state index in [4.69, 9.17) is 5.11 Å². The third-order valence-electron chi connectivity index (χ3n) is 4.81. The average Bonchev–Trinajstić information content (AvgIpc) is 3.06. The number of aromatic nitrogens is 3. The van der Waals surface area contributed by atoms with Crippen LogP contribution in [0.3, 0.4) is 0 Å². The van der Waals surface area contributed by atoms with E-state index in [-0.39, 0.29) is 5.69 Å². The number of nitrogens with zero attached hydrogens (tertiary/aromatic N) is 3. The van der Waals surface area contributed by atoms with Crippen LogP contribution in [-0.4, -0.2) is 37.5 Å². The minimum atomic E-state index is -1.05. The lowest BCUT2D eigenvalue weighted by Gasteiger charge is -2.34. The monoisotopic (exact) mass is 336 g/mol. The first-order valence-electron chi connectivity index (χ1n) is 8.56. The molecule has 0 saturated carbocycles. The van der Waals surface area contributed by atoms with Crippen LogP contribution in [0, 0.1) is 0 Å². The SMILES string of the molecule is O=C(O)c1cnc(CN2CCCCC2c2cc3ccccc3[nH]2)cn1. The molecule has 1 aliphatic rings. The molecule has 1 aliphatic heterocycles. The molecule has 0 spiro atoms. The van der Waals surface area contributed by atoms with E-state index in [0.29, 0.717) is 12.6 Å². The first kappa shape index (κ1) is 15.8. The fourth-order valence-corrected chi connectivity index (χ4v) is 3.56. The van der Waals surface area contributed by atoms with Gasteiger partial charge in [-0.25, -0.2) is 9.78 Å². The molecule has 1 unspecified atom stereocenters. The second-order valence-electron chi connectivity index (χ2n) is 6.49. The van der Waals surface area contributed by atoms with Crippen molar-refractivity contribution in [3.8, 4) is 0 Å². The highest BCUT2D eigenvalue weighted by atomic mass is 16.4. The summed E-state index contributed by atoms with van der Waals surface area (Å²) >= 11 is 0. The highest BCUT2D eigenvalue weighted by Gasteiger charge is 2.25. The number of piperidine rings is 1. The summed E-state index contributed by atoms with van der Waals surface area (Å²) in [7, 11) is 0. The fourth-order valence-electron chi connectivity index (χ4n) is 3.56. The van der Waals surface area contributed by atoms with Crippen LogP contribution in [0.25, 0.3) is 10.9 Å². The van der Waals surface area contributed by atoms with Crippen LogP contribution >= 0.6 is 0 Å². The number of carboxylic acids is 1. The molecular weight excluding hydrogens is 316 g/mol. The number of hydrogen-bond acceptors (Lipinski definition) is 4. The molecule has 3 heterocycles. The van der Waals surface area contributed by atoms with Gasteiger partial charge in [0.2, 0.25) is 0 Å². The zero-order valence-electron chi connectivity index (χ0n) is 13.9. The molecule has 3 aromatic rings. The molecule has 1 atom stereocenters. The standard InChI is InChI=1S/C19H20N4O2/c24-19(25)17-11-20-14(10-21-17)12-23-8-4-3-7-18(23)16-9-13-5-1-2-6-15(13)22-16/h1-2,5-6,9-11,18,22H,3-4,7-8,12H2,(H,24,25). The number of rotatable bonds is 4. The highest BCUT2D eigenvalue weighted by Crippen LogP contribution is 2.33. The highest BCUT2D eigenvalue weighted by molar-refractivity contribution is 5.84. The number of aromatic carboxylic acids is 1. The van der Waals surface area contributed by atoms with Crippen LogP contribution in [0.1, 0.15) is 47.2 Å². The van der Waals surface area contributed by atoms with Gasteiger partial charge in [-0.2, -0.15) is 0 Å². The molecule has 0 amide bonds. The van der Waals surface area contributed by atoms with Gasteiger partial charge in [-0.1, -0.05) is 24.6 Å². The van der Waals surface area contributed by atoms with Gasteiger partial charge >= 0.3 is 5.97 Å². The van der Waals surface area contributed by atoms with E-state index in [1.807, 2.05) is 6.07 Å². The summed E-state index contributed by atoms with van der Waals surface area (Å²) in [5.74, 6) is -1.05. The van der Waals surface area contributed by atoms with Crippen molar-refractivity contribution in [2.24, 2.45) is 0 Å². The molecule has 1 fully saturated rings. The second kappa shape index (κ2) is 6.64. The molecule has 6 nitrogen and oxygen atoms in total. The minimum Gasteiger partial charge on any atom is -0.476 e. The molecule has 6 heteroatoms. The third-order valence-corrected chi connectivity index (χ3v) is 4.81. The number of fused-ring (bicyclic) bond motifs is 1. The van der Waals surface area contributed by atoms with Crippen LogP contribution in [0.4, 0.5) is 0 Å². The molecular formula is C19H20N4O2. The van der Waals surface area contributed by atoms with E-state index in [2.05, 4.69) is 44.1 Å². The predicted molar refractivity (Wildman–Crippen MR) is 94.3 cm³/mol. The number of para-hydroxylation sites is 1. The number of H-pyrrole nitrogens is 1. The Balaban J connectivity index is 1.57. The van der Waals surface area contributed by atoms with Gasteiger partial charge in [0.15, 0.2) is 5.69 Å². The first-order valence-corrected chi connectivity index (χ1v) is 8.56. The lowest BCUT2D eigenvalue weighted by atomic mass is 9.99. The molecule has 0 radical (unpaired) electrons. The number of benzene rings is 1. The number of nitrogens with one attached hydrogen (secondary N) is 1. The summed E-state index contributed by atoms with van der Waals surface area (Å²) in [6.45, 7) is 1.68. The summed E-state index contributed by atoms with van der Waals surface area (Å²) in [6.07, 6.45) is 6.38. The topological polar surface area (TPSA) is 82.1 Å². The van der Waals surface area contributed by atoms with E-state index in [9.17, 15) is 4.79 Å². The third kappa shape index (κ3) is 3.25. The smallest absolute Gasteiger partial charge is 0.356 e. The average molecular weight is 336 g/mol. The van der Waals surface area contributed by atoms with E-state index in [0.717, 1.165) is 30.6 Å². The van der Waals surface area contributed by atoms with Crippen LogP contribution in [-0.2, 0) is 6.54 Å². The van der Waals surface area contributed by atoms with Gasteiger partial charge in [0.1, 0.15) is 0 Å². The van der Waals surface area contributed by atoms with Gasteiger partial charge in [0.25, 0.3) is 0 Å². The molecule has 1 aromatic carbocycles. The van der Waals surface area contributed by atoms with Crippen LogP contribution in [0.2, 0.25) is 0 Å². The van der Waals surface area contributed by atoms with Gasteiger partial charge in [0, 0.05) is 17.8 Å². The van der Waals surface area contributed by atoms with Crippen LogP contribution < -0.4 is 0 Å². The van der Waals surface area contributed by atoms with E-state index < -0.39 is 5.97 Å². The Hall–Kier alpha value is -2.73. The van der Waals surface area contributed by atoms with Gasteiger partial charge in [-0.05, 0) is 36.9 Å². The summed E-state index contributed by atoms with van der Waals surface area (Å²) in [4.78, 5) is 25.1. The Kier molecular flexibility index (Phi) is 4.19. The number of carboxylic acid groups (broad SMARTS) is 1. The Morgan fingerprint density at radius 3 is 2.88 bits per heavy atom. The summed E-state index contributed by atoms with van der Waals surface area (Å²) < 4.78 is 0. The van der Waals surface area contributed by atoms with Gasteiger partial charge < -0.3 is 10.1 Å². The molecule has 4 rings (SSSR count). The quantitative estimate of drug-likeness (QED) is 0.763. The van der Waals surface area contributed by atoms with Crippen LogP contribution in [0.5, 0.6) is 0 Å². The van der Waals surface area contributed by atoms with Crippen molar-refractivity contribution in [1.29, 1.82) is 0 Å². The van der Waals surface area contributed by atoms with Gasteiger partial charge in [0.05, 0.1) is 24.1 Å². The maximum Gasteiger partial charge on any atom is 0.356 e. The second-order valence-corrected chi connectivity index (χ2v) is 6.49. The zero-order valence-corrected chi connectivity index (χ0v) is 13.9. The number of hydrogen-bond donors (Lipinski definition) is 2. The Morgan fingerprint density at radius 2 is 2.12 bits per heavy atom. The maximum absolute atomic E-state index is 10.9. The summed E-state index contributed by atoms with van der Waals surface area (Å²) in [5, 5.41) is 10.2. The Morgan fingerprint density at radius 1 is 1.24 bits per heavy atom. The van der Waals surface area contributed by atoms with E-state index in [1.165, 1.54) is 23.7 Å². The normalized spacial score (nSPS) is 18.5. The molecule has 128 valence electrons. The van der Waals surface area contributed by atoms with Crippen LogP contribution in [0.15, 0.2) is 42.7 Å². The van der Waals surface area contributed by atoms with Gasteiger partial charge in [-0.15, -0.1) is 0 Å². The lowest BCUT2D eigenvalue weighted by Crippen LogP contribution is -2.33. The maximum atomic E-state index is 10.9. The Bertz CT molecular complexity index is 855. The van der Waals surface area contributed by atoms with Gasteiger partial charge in [-0.3, -0.25) is 9.88 Å². The van der Waals surface area contributed by atoms with Crippen molar-refractivity contribution < 1.29 is 9.90 Å². The van der Waals surface area contributed by atoms with Crippen molar-refractivity contribution in [2.75, 3.05) is 6.54 Å². The number of likely N-dealkylation sites (tertiary alicyclic amines) is 1. The zero-order chi connectivity index (χ0) is 17.2.